The highest BCUT2D eigenvalue weighted by molar-refractivity contribution is 4.90. The Hall–Kier alpha value is -0.590. The van der Waals surface area contributed by atoms with E-state index in [2.05, 4.69) is 6.07 Å². The lowest BCUT2D eigenvalue weighted by atomic mass is 10.3. The second-order valence-corrected chi connectivity index (χ2v) is 2.87. The molecule has 0 aromatic carbocycles. The third-order valence-corrected chi connectivity index (χ3v) is 1.31. The average molecular weight is 141 g/mol. The van der Waals surface area contributed by atoms with Crippen LogP contribution < -0.4 is 0 Å². The van der Waals surface area contributed by atoms with Gasteiger partial charge in [0.2, 0.25) is 0 Å². The maximum Gasteiger partial charge on any atom is 0.110 e. The Morgan fingerprint density at radius 2 is 1.80 bits per heavy atom. The molecular formula is C7H15N3. The lowest BCUT2D eigenvalue weighted by Gasteiger charge is -2.20. The topological polar surface area (TPSA) is 30.3 Å². The molecule has 1 unspecified atom stereocenters. The molecule has 0 amide bonds. The van der Waals surface area contributed by atoms with Crippen LogP contribution in [0.25, 0.3) is 0 Å². The highest BCUT2D eigenvalue weighted by Gasteiger charge is 2.09. The largest absolute Gasteiger partial charge is 0.307 e. The van der Waals surface area contributed by atoms with Crippen molar-refractivity contribution >= 4 is 0 Å². The molecule has 0 aliphatic rings. The summed E-state index contributed by atoms with van der Waals surface area (Å²) in [7, 11) is 7.76. The van der Waals surface area contributed by atoms with Crippen molar-refractivity contribution in [1.82, 2.24) is 9.80 Å². The Labute approximate surface area is 62.8 Å². The van der Waals surface area contributed by atoms with Crippen molar-refractivity contribution in [2.45, 2.75) is 6.04 Å². The normalized spacial score (nSPS) is 13.7. The third kappa shape index (κ3) is 3.44. The monoisotopic (exact) mass is 141 g/mol. The number of rotatable bonds is 3. The van der Waals surface area contributed by atoms with E-state index in [1.807, 2.05) is 38.0 Å². The standard InChI is InChI=1S/C7H15N3/c1-9(2)6-7(5-8)10(3)4/h7H,6H2,1-4H3. The lowest BCUT2D eigenvalue weighted by molar-refractivity contribution is 0.272. The first-order chi connectivity index (χ1) is 4.57. The summed E-state index contributed by atoms with van der Waals surface area (Å²) in [5.41, 5.74) is 0. The Bertz CT molecular complexity index is 123. The van der Waals surface area contributed by atoms with E-state index in [0.717, 1.165) is 6.54 Å². The van der Waals surface area contributed by atoms with Crippen LogP contribution in [0, 0.1) is 11.3 Å². The van der Waals surface area contributed by atoms with Gasteiger partial charge in [-0.1, -0.05) is 0 Å². The molecule has 0 saturated heterocycles. The van der Waals surface area contributed by atoms with Crippen LogP contribution in [-0.4, -0.2) is 50.6 Å². The van der Waals surface area contributed by atoms with Crippen molar-refractivity contribution in [2.24, 2.45) is 0 Å². The van der Waals surface area contributed by atoms with Gasteiger partial charge in [0.15, 0.2) is 0 Å². The molecule has 0 bridgehead atoms. The van der Waals surface area contributed by atoms with E-state index in [1.165, 1.54) is 0 Å². The van der Waals surface area contributed by atoms with Gasteiger partial charge in [-0.05, 0) is 28.2 Å². The third-order valence-electron chi connectivity index (χ3n) is 1.31. The molecule has 0 aliphatic heterocycles. The predicted molar refractivity (Wildman–Crippen MR) is 41.6 cm³/mol. The number of nitrogens with zero attached hydrogens (tertiary/aromatic N) is 3. The molecule has 0 radical (unpaired) electrons. The summed E-state index contributed by atoms with van der Waals surface area (Å²) < 4.78 is 0. The van der Waals surface area contributed by atoms with Gasteiger partial charge in [0, 0.05) is 6.54 Å². The van der Waals surface area contributed by atoms with Crippen LogP contribution in [0.4, 0.5) is 0 Å². The maximum atomic E-state index is 8.63. The zero-order chi connectivity index (χ0) is 8.15. The van der Waals surface area contributed by atoms with Crippen LogP contribution in [0.3, 0.4) is 0 Å². The maximum absolute atomic E-state index is 8.63. The highest BCUT2D eigenvalue weighted by atomic mass is 15.2. The first-order valence-corrected chi connectivity index (χ1v) is 3.28. The summed E-state index contributed by atoms with van der Waals surface area (Å²) >= 11 is 0. The Morgan fingerprint density at radius 1 is 1.30 bits per heavy atom. The number of likely N-dealkylation sites (N-methyl/N-ethyl adjacent to an activating group) is 2. The molecule has 0 fully saturated rings. The van der Waals surface area contributed by atoms with Crippen molar-refractivity contribution < 1.29 is 0 Å². The Kier molecular flexibility index (Phi) is 4.01. The minimum atomic E-state index is 0.00926. The smallest absolute Gasteiger partial charge is 0.110 e. The van der Waals surface area contributed by atoms with Gasteiger partial charge in [-0.2, -0.15) is 5.26 Å². The van der Waals surface area contributed by atoms with E-state index in [9.17, 15) is 0 Å². The molecule has 1 atom stereocenters. The summed E-state index contributed by atoms with van der Waals surface area (Å²) in [6, 6.07) is 2.23. The first kappa shape index (κ1) is 9.41. The fourth-order valence-corrected chi connectivity index (χ4v) is 0.665. The van der Waals surface area contributed by atoms with Crippen LogP contribution in [0.2, 0.25) is 0 Å². The van der Waals surface area contributed by atoms with Gasteiger partial charge in [0.25, 0.3) is 0 Å². The second kappa shape index (κ2) is 4.26. The van der Waals surface area contributed by atoms with Crippen LogP contribution >= 0.6 is 0 Å². The molecular weight excluding hydrogens is 126 g/mol. The highest BCUT2D eigenvalue weighted by Crippen LogP contribution is 1.91. The zero-order valence-electron chi connectivity index (χ0n) is 7.13. The minimum Gasteiger partial charge on any atom is -0.307 e. The van der Waals surface area contributed by atoms with Gasteiger partial charge in [-0.15, -0.1) is 0 Å². The van der Waals surface area contributed by atoms with E-state index in [4.69, 9.17) is 5.26 Å². The summed E-state index contributed by atoms with van der Waals surface area (Å²) in [5, 5.41) is 8.63. The van der Waals surface area contributed by atoms with E-state index in [1.54, 1.807) is 0 Å². The molecule has 0 rings (SSSR count). The Balaban J connectivity index is 3.75. The lowest BCUT2D eigenvalue weighted by Crippen LogP contribution is -2.36. The van der Waals surface area contributed by atoms with Crippen LogP contribution in [0.15, 0.2) is 0 Å². The molecule has 10 heavy (non-hydrogen) atoms. The number of hydrogen-bond acceptors (Lipinski definition) is 3. The molecule has 0 saturated carbocycles. The molecule has 3 heteroatoms. The van der Waals surface area contributed by atoms with Crippen molar-refractivity contribution in [1.29, 1.82) is 5.26 Å². The molecule has 0 heterocycles. The van der Waals surface area contributed by atoms with Gasteiger partial charge < -0.3 is 4.90 Å². The molecule has 0 aromatic rings. The van der Waals surface area contributed by atoms with Crippen molar-refractivity contribution in [3.05, 3.63) is 0 Å². The van der Waals surface area contributed by atoms with Crippen LogP contribution in [0.1, 0.15) is 0 Å². The zero-order valence-corrected chi connectivity index (χ0v) is 7.13. The Morgan fingerprint density at radius 3 is 1.90 bits per heavy atom. The second-order valence-electron chi connectivity index (χ2n) is 2.87. The van der Waals surface area contributed by atoms with Gasteiger partial charge >= 0.3 is 0 Å². The van der Waals surface area contributed by atoms with Crippen LogP contribution in [-0.2, 0) is 0 Å². The van der Waals surface area contributed by atoms with E-state index in [-0.39, 0.29) is 6.04 Å². The molecule has 0 aromatic heterocycles. The summed E-state index contributed by atoms with van der Waals surface area (Å²) in [4.78, 5) is 3.92. The molecule has 0 N–H and O–H groups in total. The van der Waals surface area contributed by atoms with Gasteiger partial charge in [0.05, 0.1) is 6.07 Å². The first-order valence-electron chi connectivity index (χ1n) is 3.28. The van der Waals surface area contributed by atoms with Gasteiger partial charge in [0.1, 0.15) is 6.04 Å². The number of hydrogen-bond donors (Lipinski definition) is 0. The van der Waals surface area contributed by atoms with Gasteiger partial charge in [-0.25, -0.2) is 0 Å². The fourth-order valence-electron chi connectivity index (χ4n) is 0.665. The fraction of sp³-hybridized carbons (Fsp3) is 0.857. The van der Waals surface area contributed by atoms with E-state index >= 15 is 0 Å². The molecule has 0 spiro atoms. The molecule has 3 nitrogen and oxygen atoms in total. The van der Waals surface area contributed by atoms with Crippen molar-refractivity contribution in [3.63, 3.8) is 0 Å². The molecule has 58 valence electrons. The number of nitriles is 1. The van der Waals surface area contributed by atoms with Crippen LogP contribution in [0.5, 0.6) is 0 Å². The van der Waals surface area contributed by atoms with Crippen molar-refractivity contribution in [2.75, 3.05) is 34.7 Å². The average Bonchev–Trinajstić information content (AvgIpc) is 1.81. The van der Waals surface area contributed by atoms with Gasteiger partial charge in [-0.3, -0.25) is 4.90 Å². The van der Waals surface area contributed by atoms with E-state index in [0.29, 0.717) is 0 Å². The minimum absolute atomic E-state index is 0.00926. The summed E-state index contributed by atoms with van der Waals surface area (Å²) in [6.07, 6.45) is 0. The molecule has 0 aliphatic carbocycles. The van der Waals surface area contributed by atoms with Crippen molar-refractivity contribution in [3.8, 4) is 6.07 Å². The summed E-state index contributed by atoms with van der Waals surface area (Å²) in [6.45, 7) is 0.795. The van der Waals surface area contributed by atoms with E-state index < -0.39 is 0 Å². The summed E-state index contributed by atoms with van der Waals surface area (Å²) in [5.74, 6) is 0. The predicted octanol–water partition coefficient (Wildman–Crippen LogP) is 0.00178. The SMILES string of the molecule is CN(C)CC(C#N)N(C)C. The quantitative estimate of drug-likeness (QED) is 0.554.